The van der Waals surface area contributed by atoms with E-state index in [1.54, 1.807) is 0 Å². The molecule has 0 radical (unpaired) electrons. The Morgan fingerprint density at radius 1 is 1.32 bits per heavy atom. The summed E-state index contributed by atoms with van der Waals surface area (Å²) >= 11 is 0. The Morgan fingerprint density at radius 3 is 2.82 bits per heavy atom. The smallest absolute Gasteiger partial charge is 0.275 e. The Kier molecular flexibility index (Phi) is 5.33. The lowest BCUT2D eigenvalue weighted by atomic mass is 10.1. The molecule has 1 aromatic carbocycles. The predicted octanol–water partition coefficient (Wildman–Crippen LogP) is 2.44. The molecule has 5 nitrogen and oxygen atoms in total. The monoisotopic (exact) mass is 301 g/mol. The minimum absolute atomic E-state index is 0.0597. The van der Waals surface area contributed by atoms with Gasteiger partial charge < -0.3 is 10.4 Å². The van der Waals surface area contributed by atoms with Gasteiger partial charge in [0, 0.05) is 12.6 Å². The maximum atomic E-state index is 12.2. The lowest BCUT2D eigenvalue weighted by molar-refractivity contribution is 0.451. The molecule has 0 bridgehead atoms. The van der Waals surface area contributed by atoms with Gasteiger partial charge in [-0.15, -0.1) is 0 Å². The zero-order valence-corrected chi connectivity index (χ0v) is 13.4. The third kappa shape index (κ3) is 3.54. The highest BCUT2D eigenvalue weighted by molar-refractivity contribution is 5.44. The SMILES string of the molecule is CCCCNCc1nn(-c2cccc(C)c2C)c(=O)cc1O. The van der Waals surface area contributed by atoms with Crippen LogP contribution in [-0.4, -0.2) is 21.4 Å². The molecule has 1 aromatic heterocycles. The van der Waals surface area contributed by atoms with Gasteiger partial charge in [-0.2, -0.15) is 9.78 Å². The van der Waals surface area contributed by atoms with Crippen LogP contribution in [0.1, 0.15) is 36.6 Å². The van der Waals surface area contributed by atoms with Gasteiger partial charge in [-0.25, -0.2) is 0 Å². The molecular weight excluding hydrogens is 278 g/mol. The molecule has 0 fully saturated rings. The van der Waals surface area contributed by atoms with Gasteiger partial charge in [0.25, 0.3) is 5.56 Å². The minimum Gasteiger partial charge on any atom is -0.506 e. The van der Waals surface area contributed by atoms with Gasteiger partial charge in [0.2, 0.25) is 0 Å². The molecule has 0 aliphatic rings. The van der Waals surface area contributed by atoms with Crippen molar-refractivity contribution in [1.82, 2.24) is 15.1 Å². The first-order valence-electron chi connectivity index (χ1n) is 7.64. The topological polar surface area (TPSA) is 67.2 Å². The predicted molar refractivity (Wildman–Crippen MR) is 87.6 cm³/mol. The lowest BCUT2D eigenvalue weighted by Crippen LogP contribution is -2.25. The first-order chi connectivity index (χ1) is 10.5. The van der Waals surface area contributed by atoms with Crippen molar-refractivity contribution in [3.05, 3.63) is 51.4 Å². The number of hydrogen-bond donors (Lipinski definition) is 2. The number of nitrogens with zero attached hydrogens (tertiary/aromatic N) is 2. The summed E-state index contributed by atoms with van der Waals surface area (Å²) in [4.78, 5) is 12.2. The maximum Gasteiger partial charge on any atom is 0.275 e. The van der Waals surface area contributed by atoms with Gasteiger partial charge in [0.05, 0.1) is 5.69 Å². The number of aromatic hydroxyl groups is 1. The van der Waals surface area contributed by atoms with Crippen LogP contribution in [0.3, 0.4) is 0 Å². The average Bonchev–Trinajstić information content (AvgIpc) is 2.49. The largest absolute Gasteiger partial charge is 0.506 e. The Hall–Kier alpha value is -2.14. The fourth-order valence-corrected chi connectivity index (χ4v) is 2.25. The third-order valence-corrected chi connectivity index (χ3v) is 3.79. The van der Waals surface area contributed by atoms with Gasteiger partial charge in [-0.05, 0) is 44.0 Å². The van der Waals surface area contributed by atoms with Crippen LogP contribution >= 0.6 is 0 Å². The fraction of sp³-hybridized carbons (Fsp3) is 0.412. The van der Waals surface area contributed by atoms with Gasteiger partial charge >= 0.3 is 0 Å². The van der Waals surface area contributed by atoms with Crippen LogP contribution in [0.25, 0.3) is 5.69 Å². The summed E-state index contributed by atoms with van der Waals surface area (Å²) in [5.74, 6) is -0.0597. The van der Waals surface area contributed by atoms with Gasteiger partial charge in [0.15, 0.2) is 0 Å². The highest BCUT2D eigenvalue weighted by Crippen LogP contribution is 2.17. The molecule has 2 rings (SSSR count). The van der Waals surface area contributed by atoms with Crippen molar-refractivity contribution in [3.8, 4) is 11.4 Å². The first kappa shape index (κ1) is 16.2. The van der Waals surface area contributed by atoms with E-state index in [0.717, 1.165) is 36.2 Å². The van der Waals surface area contributed by atoms with E-state index >= 15 is 0 Å². The number of rotatable bonds is 6. The summed E-state index contributed by atoms with van der Waals surface area (Å²) in [7, 11) is 0. The van der Waals surface area contributed by atoms with E-state index in [1.165, 1.54) is 10.7 Å². The van der Waals surface area contributed by atoms with Crippen LogP contribution in [0, 0.1) is 13.8 Å². The number of nitrogens with one attached hydrogen (secondary N) is 1. The van der Waals surface area contributed by atoms with Crippen molar-refractivity contribution in [3.63, 3.8) is 0 Å². The summed E-state index contributed by atoms with van der Waals surface area (Å²) < 4.78 is 1.36. The Bertz CT molecular complexity index is 708. The van der Waals surface area contributed by atoms with E-state index in [0.29, 0.717) is 12.2 Å². The second-order valence-corrected chi connectivity index (χ2v) is 5.48. The number of aryl methyl sites for hydroxylation is 1. The van der Waals surface area contributed by atoms with E-state index in [-0.39, 0.29) is 11.3 Å². The third-order valence-electron chi connectivity index (χ3n) is 3.79. The molecule has 0 unspecified atom stereocenters. The fourth-order valence-electron chi connectivity index (χ4n) is 2.25. The van der Waals surface area contributed by atoms with E-state index in [4.69, 9.17) is 0 Å². The van der Waals surface area contributed by atoms with Crippen LogP contribution in [0.4, 0.5) is 0 Å². The van der Waals surface area contributed by atoms with E-state index in [1.807, 2.05) is 32.0 Å². The summed E-state index contributed by atoms with van der Waals surface area (Å²) in [6.07, 6.45) is 2.17. The van der Waals surface area contributed by atoms with Crippen molar-refractivity contribution >= 4 is 0 Å². The molecule has 1 heterocycles. The van der Waals surface area contributed by atoms with Gasteiger partial charge in [-0.3, -0.25) is 4.79 Å². The van der Waals surface area contributed by atoms with Crippen molar-refractivity contribution in [2.45, 2.75) is 40.2 Å². The molecule has 0 spiro atoms. The molecule has 0 saturated heterocycles. The molecule has 0 amide bonds. The number of hydrogen-bond acceptors (Lipinski definition) is 4. The molecule has 0 aliphatic heterocycles. The van der Waals surface area contributed by atoms with Crippen molar-refractivity contribution in [2.75, 3.05) is 6.54 Å². The van der Waals surface area contributed by atoms with Crippen LogP contribution in [0.5, 0.6) is 5.75 Å². The molecule has 5 heteroatoms. The maximum absolute atomic E-state index is 12.2. The molecule has 0 atom stereocenters. The Balaban J connectivity index is 2.36. The standard InChI is InChI=1S/C17H23N3O2/c1-4-5-9-18-11-14-16(21)10-17(22)20(19-14)15-8-6-7-12(2)13(15)3/h6-8,10,18,21H,4-5,9,11H2,1-3H3. The number of unbranched alkanes of at least 4 members (excludes halogenated alkanes) is 1. The van der Waals surface area contributed by atoms with Crippen LogP contribution in [-0.2, 0) is 6.54 Å². The van der Waals surface area contributed by atoms with E-state index in [9.17, 15) is 9.90 Å². The van der Waals surface area contributed by atoms with Crippen molar-refractivity contribution in [2.24, 2.45) is 0 Å². The van der Waals surface area contributed by atoms with E-state index < -0.39 is 0 Å². The highest BCUT2D eigenvalue weighted by Gasteiger charge is 2.11. The van der Waals surface area contributed by atoms with E-state index in [2.05, 4.69) is 17.3 Å². The molecule has 22 heavy (non-hydrogen) atoms. The summed E-state index contributed by atoms with van der Waals surface area (Å²) in [5.41, 5.74) is 3.01. The highest BCUT2D eigenvalue weighted by atomic mass is 16.3. The minimum atomic E-state index is -0.330. The lowest BCUT2D eigenvalue weighted by Gasteiger charge is -2.12. The molecule has 118 valence electrons. The average molecular weight is 301 g/mol. The molecule has 2 N–H and O–H groups in total. The second-order valence-electron chi connectivity index (χ2n) is 5.48. The van der Waals surface area contributed by atoms with Gasteiger partial charge in [0.1, 0.15) is 11.4 Å². The molecule has 2 aromatic rings. The first-order valence-corrected chi connectivity index (χ1v) is 7.64. The summed E-state index contributed by atoms with van der Waals surface area (Å²) in [5, 5.41) is 17.5. The number of aromatic nitrogens is 2. The van der Waals surface area contributed by atoms with Gasteiger partial charge in [-0.1, -0.05) is 25.5 Å². The summed E-state index contributed by atoms with van der Waals surface area (Å²) in [6.45, 7) is 7.39. The Labute approximate surface area is 130 Å². The zero-order valence-electron chi connectivity index (χ0n) is 13.4. The number of benzene rings is 1. The van der Waals surface area contributed by atoms with Crippen molar-refractivity contribution in [1.29, 1.82) is 0 Å². The normalized spacial score (nSPS) is 10.9. The van der Waals surface area contributed by atoms with Crippen LogP contribution in [0.2, 0.25) is 0 Å². The molecule has 0 saturated carbocycles. The molecular formula is C17H23N3O2. The zero-order chi connectivity index (χ0) is 16.1. The molecule has 0 aliphatic carbocycles. The second kappa shape index (κ2) is 7.22. The van der Waals surface area contributed by atoms with Crippen LogP contribution < -0.4 is 10.9 Å². The quantitative estimate of drug-likeness (QED) is 0.804. The summed E-state index contributed by atoms with van der Waals surface area (Å²) in [6, 6.07) is 6.99. The van der Waals surface area contributed by atoms with Crippen molar-refractivity contribution < 1.29 is 5.11 Å². The Morgan fingerprint density at radius 2 is 2.09 bits per heavy atom. The van der Waals surface area contributed by atoms with Crippen LogP contribution in [0.15, 0.2) is 29.1 Å².